The lowest BCUT2D eigenvalue weighted by Gasteiger charge is -2.25. The number of benzene rings is 1. The highest BCUT2D eigenvalue weighted by Crippen LogP contribution is 2.35. The van der Waals surface area contributed by atoms with Gasteiger partial charge in [0, 0.05) is 18.9 Å². The van der Waals surface area contributed by atoms with Crippen molar-refractivity contribution in [3.05, 3.63) is 42.0 Å². The van der Waals surface area contributed by atoms with E-state index in [1.807, 2.05) is 17.7 Å². The number of aromatic nitrogens is 2. The number of carboxylic acids is 1. The van der Waals surface area contributed by atoms with Crippen LogP contribution in [0.25, 0.3) is 0 Å². The summed E-state index contributed by atoms with van der Waals surface area (Å²) < 4.78 is 12.6. The van der Waals surface area contributed by atoms with Gasteiger partial charge in [0.25, 0.3) is 0 Å². The molecule has 1 unspecified atom stereocenters. The van der Waals surface area contributed by atoms with Crippen molar-refractivity contribution < 1.29 is 19.4 Å². The molecule has 1 aromatic heterocycles. The van der Waals surface area contributed by atoms with Crippen molar-refractivity contribution in [1.82, 2.24) is 14.5 Å². The van der Waals surface area contributed by atoms with Gasteiger partial charge in [0.05, 0.1) is 6.54 Å². The second-order valence-corrected chi connectivity index (χ2v) is 5.40. The SMILES string of the molecule is CCn1ccnc1CN(C)C(C(=O)O)c1ccc2c(c1)OCO2. The lowest BCUT2D eigenvalue weighted by molar-refractivity contribution is -0.143. The lowest BCUT2D eigenvalue weighted by atomic mass is 10.0. The first-order valence-corrected chi connectivity index (χ1v) is 7.42. The van der Waals surface area contributed by atoms with Crippen molar-refractivity contribution >= 4 is 5.97 Å². The summed E-state index contributed by atoms with van der Waals surface area (Å²) in [5.41, 5.74) is 0.652. The average molecular weight is 317 g/mol. The van der Waals surface area contributed by atoms with Crippen LogP contribution in [0.2, 0.25) is 0 Å². The largest absolute Gasteiger partial charge is 0.480 e. The van der Waals surface area contributed by atoms with Crippen molar-refractivity contribution in [2.45, 2.75) is 26.1 Å². The fraction of sp³-hybridized carbons (Fsp3) is 0.375. The molecule has 0 amide bonds. The minimum Gasteiger partial charge on any atom is -0.480 e. The number of imidazole rings is 1. The minimum atomic E-state index is -0.916. The topological polar surface area (TPSA) is 76.8 Å². The molecule has 0 radical (unpaired) electrons. The second-order valence-electron chi connectivity index (χ2n) is 5.40. The molecule has 7 nitrogen and oxygen atoms in total. The monoisotopic (exact) mass is 317 g/mol. The molecule has 1 atom stereocenters. The standard InChI is InChI=1S/C16H19N3O4/c1-3-19-7-6-17-14(19)9-18(2)15(16(20)21)11-4-5-12-13(8-11)23-10-22-12/h4-8,15H,3,9-10H2,1-2H3,(H,20,21). The fourth-order valence-corrected chi connectivity index (χ4v) is 2.76. The number of likely N-dealkylation sites (N-methyl/N-ethyl adjacent to an activating group) is 1. The average Bonchev–Trinajstić information content (AvgIpc) is 3.14. The van der Waals surface area contributed by atoms with Gasteiger partial charge in [0.2, 0.25) is 6.79 Å². The van der Waals surface area contributed by atoms with E-state index in [1.165, 1.54) is 0 Å². The summed E-state index contributed by atoms with van der Waals surface area (Å²) in [4.78, 5) is 17.8. The molecule has 1 aromatic carbocycles. The quantitative estimate of drug-likeness (QED) is 0.877. The third kappa shape index (κ3) is 3.00. The molecule has 0 aliphatic carbocycles. The van der Waals surface area contributed by atoms with Gasteiger partial charge in [-0.1, -0.05) is 6.07 Å². The molecule has 7 heteroatoms. The third-order valence-corrected chi connectivity index (χ3v) is 3.92. The first-order valence-electron chi connectivity index (χ1n) is 7.42. The van der Waals surface area contributed by atoms with E-state index in [0.29, 0.717) is 23.6 Å². The molecular weight excluding hydrogens is 298 g/mol. The number of aliphatic carboxylic acids is 1. The molecule has 1 aliphatic rings. The molecule has 1 aliphatic heterocycles. The third-order valence-electron chi connectivity index (χ3n) is 3.92. The minimum absolute atomic E-state index is 0.167. The van der Waals surface area contributed by atoms with Crippen LogP contribution in [0.1, 0.15) is 24.4 Å². The molecule has 122 valence electrons. The van der Waals surface area contributed by atoms with Crippen LogP contribution < -0.4 is 9.47 Å². The molecule has 3 rings (SSSR count). The van der Waals surface area contributed by atoms with E-state index >= 15 is 0 Å². The number of carboxylic acid groups (broad SMARTS) is 1. The Balaban J connectivity index is 1.85. The Morgan fingerprint density at radius 1 is 1.43 bits per heavy atom. The molecule has 23 heavy (non-hydrogen) atoms. The number of hydrogen-bond donors (Lipinski definition) is 1. The maximum absolute atomic E-state index is 11.8. The Labute approximate surface area is 134 Å². The predicted molar refractivity (Wildman–Crippen MR) is 82.3 cm³/mol. The first-order chi connectivity index (χ1) is 11.1. The number of fused-ring (bicyclic) bond motifs is 1. The highest BCUT2D eigenvalue weighted by Gasteiger charge is 2.27. The molecule has 1 N–H and O–H groups in total. The summed E-state index contributed by atoms with van der Waals surface area (Å²) in [5, 5.41) is 9.66. The number of ether oxygens (including phenoxy) is 2. The maximum atomic E-state index is 11.8. The van der Waals surface area contributed by atoms with Gasteiger partial charge in [-0.3, -0.25) is 9.69 Å². The zero-order chi connectivity index (χ0) is 16.4. The first kappa shape index (κ1) is 15.4. The van der Waals surface area contributed by atoms with Crippen molar-refractivity contribution in [2.24, 2.45) is 0 Å². The highest BCUT2D eigenvalue weighted by atomic mass is 16.7. The van der Waals surface area contributed by atoms with E-state index < -0.39 is 12.0 Å². The van der Waals surface area contributed by atoms with Gasteiger partial charge in [-0.05, 0) is 31.7 Å². The fourth-order valence-electron chi connectivity index (χ4n) is 2.76. The van der Waals surface area contributed by atoms with Crippen LogP contribution in [-0.2, 0) is 17.9 Å². The zero-order valence-electron chi connectivity index (χ0n) is 13.1. The van der Waals surface area contributed by atoms with Crippen molar-refractivity contribution in [2.75, 3.05) is 13.8 Å². The second kappa shape index (κ2) is 6.29. The summed E-state index contributed by atoms with van der Waals surface area (Å²) in [5.74, 6) is 1.14. The Bertz CT molecular complexity index is 713. The van der Waals surface area contributed by atoms with Crippen LogP contribution in [-0.4, -0.2) is 39.4 Å². The van der Waals surface area contributed by atoms with Crippen LogP contribution in [0.3, 0.4) is 0 Å². The Morgan fingerprint density at radius 2 is 2.22 bits per heavy atom. The normalized spacial score (nSPS) is 14.2. The Kier molecular flexibility index (Phi) is 4.20. The summed E-state index contributed by atoms with van der Waals surface area (Å²) in [6, 6.07) is 4.44. The molecule has 0 spiro atoms. The van der Waals surface area contributed by atoms with Gasteiger partial charge in [-0.25, -0.2) is 4.98 Å². The maximum Gasteiger partial charge on any atom is 0.325 e. The predicted octanol–water partition coefficient (Wildman–Crippen LogP) is 1.89. The van der Waals surface area contributed by atoms with Gasteiger partial charge in [0.1, 0.15) is 11.9 Å². The summed E-state index contributed by atoms with van der Waals surface area (Å²) in [7, 11) is 1.78. The summed E-state index contributed by atoms with van der Waals surface area (Å²) in [6.07, 6.45) is 3.61. The number of carbonyl (C=O) groups is 1. The van der Waals surface area contributed by atoms with Crippen molar-refractivity contribution in [3.8, 4) is 11.5 Å². The van der Waals surface area contributed by atoms with E-state index in [9.17, 15) is 9.90 Å². The van der Waals surface area contributed by atoms with Crippen LogP contribution >= 0.6 is 0 Å². The molecule has 2 aromatic rings. The van der Waals surface area contributed by atoms with E-state index in [-0.39, 0.29) is 6.79 Å². The van der Waals surface area contributed by atoms with Crippen LogP contribution in [0.4, 0.5) is 0 Å². The van der Waals surface area contributed by atoms with Gasteiger partial charge >= 0.3 is 5.97 Å². The van der Waals surface area contributed by atoms with E-state index in [1.54, 1.807) is 36.3 Å². The van der Waals surface area contributed by atoms with Gasteiger partial charge in [-0.15, -0.1) is 0 Å². The highest BCUT2D eigenvalue weighted by molar-refractivity contribution is 5.76. The van der Waals surface area contributed by atoms with Crippen molar-refractivity contribution in [3.63, 3.8) is 0 Å². The van der Waals surface area contributed by atoms with E-state index in [4.69, 9.17) is 9.47 Å². The molecule has 2 heterocycles. The van der Waals surface area contributed by atoms with E-state index in [2.05, 4.69) is 4.98 Å². The van der Waals surface area contributed by atoms with Gasteiger partial charge < -0.3 is 19.1 Å². The van der Waals surface area contributed by atoms with Gasteiger partial charge in [0.15, 0.2) is 11.5 Å². The van der Waals surface area contributed by atoms with Crippen LogP contribution in [0.15, 0.2) is 30.6 Å². The van der Waals surface area contributed by atoms with Gasteiger partial charge in [-0.2, -0.15) is 0 Å². The van der Waals surface area contributed by atoms with Crippen molar-refractivity contribution in [1.29, 1.82) is 0 Å². The number of rotatable bonds is 6. The molecular formula is C16H19N3O4. The smallest absolute Gasteiger partial charge is 0.325 e. The number of nitrogens with zero attached hydrogens (tertiary/aromatic N) is 3. The zero-order valence-corrected chi connectivity index (χ0v) is 13.1. The van der Waals surface area contributed by atoms with E-state index in [0.717, 1.165) is 12.4 Å². The van der Waals surface area contributed by atoms with Crippen LogP contribution in [0.5, 0.6) is 11.5 Å². The molecule has 0 bridgehead atoms. The molecule has 0 saturated heterocycles. The molecule has 0 fully saturated rings. The number of hydrogen-bond acceptors (Lipinski definition) is 5. The summed E-state index contributed by atoms with van der Waals surface area (Å²) in [6.45, 7) is 3.43. The Hall–Kier alpha value is -2.54. The number of aryl methyl sites for hydroxylation is 1. The summed E-state index contributed by atoms with van der Waals surface area (Å²) >= 11 is 0. The lowest BCUT2D eigenvalue weighted by Crippen LogP contribution is -2.31. The Morgan fingerprint density at radius 3 is 2.96 bits per heavy atom. The molecule has 0 saturated carbocycles. The van der Waals surface area contributed by atoms with Crippen LogP contribution in [0, 0.1) is 0 Å².